The van der Waals surface area contributed by atoms with Crippen molar-refractivity contribution >= 4 is 31.6 Å². The Hall–Kier alpha value is -2.13. The minimum Gasteiger partial charge on any atom is -0.463 e. The second-order valence-electron chi connectivity index (χ2n) is 9.21. The molecule has 0 aliphatic carbocycles. The summed E-state index contributed by atoms with van der Waals surface area (Å²) in [4.78, 5) is 68.9. The van der Waals surface area contributed by atoms with Crippen LogP contribution in [-0.4, -0.2) is 120 Å². The van der Waals surface area contributed by atoms with Crippen LogP contribution in [0.2, 0.25) is 0 Å². The third-order valence-electron chi connectivity index (χ3n) is 6.13. The Labute approximate surface area is 250 Å². The van der Waals surface area contributed by atoms with E-state index in [9.17, 15) is 23.7 Å². The van der Waals surface area contributed by atoms with Crippen LogP contribution in [0.3, 0.4) is 0 Å². The Kier molecular flexibility index (Phi) is 22.4. The molecule has 16 heteroatoms. The number of amides is 2. The fraction of sp³-hybridized carbons (Fsp3) is 0.846. The van der Waals surface area contributed by atoms with E-state index < -0.39 is 68.8 Å². The molecule has 15 nitrogen and oxygen atoms in total. The van der Waals surface area contributed by atoms with Crippen LogP contribution < -0.4 is 10.6 Å². The Bertz CT molecular complexity index is 827. The van der Waals surface area contributed by atoms with Crippen molar-refractivity contribution in [2.24, 2.45) is 0 Å². The zero-order valence-electron chi connectivity index (χ0n) is 26.7. The molecule has 0 bridgehead atoms. The van der Waals surface area contributed by atoms with E-state index >= 15 is 0 Å². The standard InChI is InChI=1S/C14H23N2O11P.2C6H15N/c1-6(17)15-11-12(16-7(2)18)14(27-28(21,22)23)26-10(5-24-8(3)19)13(11)25-9(4)20;2*1-4-7(5-2)6-3/h10-14H,5H2,1-4H3,(H,15,17)(H,16,18)(H2,21,22,23);2*4-6H2,1-3H3/t10-,11-,12-,13-,14-;;/m1../s1. The molecule has 1 rings (SSSR count). The Balaban J connectivity index is 0. The van der Waals surface area contributed by atoms with Gasteiger partial charge in [-0.3, -0.25) is 23.7 Å². The van der Waals surface area contributed by atoms with E-state index in [1.54, 1.807) is 0 Å². The lowest BCUT2D eigenvalue weighted by atomic mass is 9.93. The van der Waals surface area contributed by atoms with Gasteiger partial charge in [0.1, 0.15) is 18.8 Å². The number of hydrogen-bond donors (Lipinski definition) is 4. The van der Waals surface area contributed by atoms with Crippen molar-refractivity contribution in [3.8, 4) is 0 Å². The van der Waals surface area contributed by atoms with Crippen molar-refractivity contribution in [2.75, 3.05) is 45.9 Å². The zero-order chi connectivity index (χ0) is 33.0. The van der Waals surface area contributed by atoms with Crippen LogP contribution in [0.5, 0.6) is 0 Å². The van der Waals surface area contributed by atoms with Gasteiger partial charge in [-0.2, -0.15) is 0 Å². The van der Waals surface area contributed by atoms with Crippen molar-refractivity contribution in [1.82, 2.24) is 20.4 Å². The maximum Gasteiger partial charge on any atom is 0.472 e. The first-order chi connectivity index (χ1) is 19.5. The van der Waals surface area contributed by atoms with E-state index in [1.165, 1.54) is 39.3 Å². The van der Waals surface area contributed by atoms with Gasteiger partial charge in [-0.1, -0.05) is 41.5 Å². The number of rotatable bonds is 13. The summed E-state index contributed by atoms with van der Waals surface area (Å²) in [5.41, 5.74) is 0. The lowest BCUT2D eigenvalue weighted by molar-refractivity contribution is -0.234. The largest absolute Gasteiger partial charge is 0.472 e. The molecular weight excluding hydrogens is 575 g/mol. The molecule has 0 aromatic rings. The van der Waals surface area contributed by atoms with E-state index in [1.807, 2.05) is 0 Å². The number of phosphoric acid groups is 1. The summed E-state index contributed by atoms with van der Waals surface area (Å²) in [6.07, 6.45) is -4.28. The number of carbonyl (C=O) groups is 4. The molecule has 248 valence electrons. The second-order valence-corrected chi connectivity index (χ2v) is 10.4. The highest BCUT2D eigenvalue weighted by Crippen LogP contribution is 2.41. The van der Waals surface area contributed by atoms with Gasteiger partial charge in [-0.05, 0) is 39.3 Å². The van der Waals surface area contributed by atoms with Gasteiger partial charge in [0.2, 0.25) is 11.8 Å². The first-order valence-corrected chi connectivity index (χ1v) is 15.7. The van der Waals surface area contributed by atoms with E-state index in [-0.39, 0.29) is 0 Å². The summed E-state index contributed by atoms with van der Waals surface area (Å²) in [7, 11) is -5.09. The molecule has 42 heavy (non-hydrogen) atoms. The van der Waals surface area contributed by atoms with Crippen LogP contribution >= 0.6 is 7.82 Å². The molecule has 1 aliphatic rings. The second kappa shape index (κ2) is 22.4. The number of ether oxygens (including phenoxy) is 3. The molecule has 0 spiro atoms. The number of nitrogens with one attached hydrogen (secondary N) is 2. The van der Waals surface area contributed by atoms with E-state index in [2.05, 4.69) is 66.5 Å². The first kappa shape index (κ1) is 42.0. The summed E-state index contributed by atoms with van der Waals surface area (Å²) in [5, 5.41) is 4.79. The summed E-state index contributed by atoms with van der Waals surface area (Å²) < 4.78 is 31.3. The van der Waals surface area contributed by atoms with Crippen LogP contribution in [0.1, 0.15) is 69.2 Å². The number of esters is 2. The average molecular weight is 629 g/mol. The normalized spacial score (nSPS) is 21.7. The number of hydrogen-bond acceptors (Lipinski definition) is 11. The van der Waals surface area contributed by atoms with Crippen LogP contribution in [0.15, 0.2) is 0 Å². The minimum absolute atomic E-state index is 0.475. The Morgan fingerprint density at radius 3 is 1.43 bits per heavy atom. The van der Waals surface area contributed by atoms with Gasteiger partial charge in [0.25, 0.3) is 0 Å². The van der Waals surface area contributed by atoms with Crippen molar-refractivity contribution in [2.45, 2.75) is 99.8 Å². The van der Waals surface area contributed by atoms with Gasteiger partial charge >= 0.3 is 19.8 Å². The molecule has 4 N–H and O–H groups in total. The molecule has 0 aromatic heterocycles. The summed E-state index contributed by atoms with van der Waals surface area (Å²) in [6, 6.07) is -2.55. The van der Waals surface area contributed by atoms with Crippen LogP contribution in [0.4, 0.5) is 0 Å². The summed E-state index contributed by atoms with van der Waals surface area (Å²) in [6.45, 7) is 24.2. The molecule has 0 unspecified atom stereocenters. The molecule has 5 atom stereocenters. The highest BCUT2D eigenvalue weighted by molar-refractivity contribution is 7.46. The molecule has 0 aromatic carbocycles. The molecule has 2 amide bonds. The van der Waals surface area contributed by atoms with Crippen molar-refractivity contribution in [1.29, 1.82) is 0 Å². The van der Waals surface area contributed by atoms with E-state index in [0.717, 1.165) is 27.7 Å². The Morgan fingerprint density at radius 2 is 1.14 bits per heavy atom. The lowest BCUT2D eigenvalue weighted by Crippen LogP contribution is -2.70. The number of nitrogens with zero attached hydrogens (tertiary/aromatic N) is 2. The van der Waals surface area contributed by atoms with Gasteiger partial charge < -0.3 is 44.4 Å². The van der Waals surface area contributed by atoms with Crippen molar-refractivity contribution in [3.05, 3.63) is 0 Å². The molecule has 0 radical (unpaired) electrons. The Morgan fingerprint density at radius 1 is 0.738 bits per heavy atom. The topological polar surface area (TPSA) is 193 Å². The highest BCUT2D eigenvalue weighted by atomic mass is 31.2. The maximum absolute atomic E-state index is 11.7. The zero-order valence-corrected chi connectivity index (χ0v) is 27.6. The van der Waals surface area contributed by atoms with Crippen molar-refractivity contribution < 1.29 is 52.3 Å². The third-order valence-corrected chi connectivity index (χ3v) is 6.61. The molecule has 1 aliphatic heterocycles. The monoisotopic (exact) mass is 628 g/mol. The number of phosphoric ester groups is 1. The van der Waals surface area contributed by atoms with Gasteiger partial charge in [0.05, 0.1) is 6.04 Å². The minimum atomic E-state index is -5.09. The third kappa shape index (κ3) is 19.1. The lowest BCUT2D eigenvalue weighted by Gasteiger charge is -2.45. The van der Waals surface area contributed by atoms with Crippen LogP contribution in [0, 0.1) is 0 Å². The van der Waals surface area contributed by atoms with Gasteiger partial charge in [0.15, 0.2) is 12.4 Å². The van der Waals surface area contributed by atoms with Crippen LogP contribution in [-0.2, 0) is 42.5 Å². The molecule has 1 fully saturated rings. The fourth-order valence-electron chi connectivity index (χ4n) is 3.98. The quantitative estimate of drug-likeness (QED) is 0.167. The highest BCUT2D eigenvalue weighted by Gasteiger charge is 2.51. The van der Waals surface area contributed by atoms with E-state index in [0.29, 0.717) is 0 Å². The predicted molar refractivity (Wildman–Crippen MR) is 156 cm³/mol. The fourth-order valence-corrected chi connectivity index (χ4v) is 4.43. The van der Waals surface area contributed by atoms with Crippen LogP contribution in [0.25, 0.3) is 0 Å². The van der Waals surface area contributed by atoms with Gasteiger partial charge in [0, 0.05) is 27.7 Å². The average Bonchev–Trinajstić information content (AvgIpc) is 2.88. The first-order valence-electron chi connectivity index (χ1n) is 14.2. The molecule has 0 saturated carbocycles. The smallest absolute Gasteiger partial charge is 0.463 e. The summed E-state index contributed by atoms with van der Waals surface area (Å²) in [5.74, 6) is -2.70. The molecular formula is C26H53N4O11P. The maximum atomic E-state index is 11.7. The predicted octanol–water partition coefficient (Wildman–Crippen LogP) is 1.02. The SMILES string of the molecule is CC(=O)N[C@@H]1[C@@H](NC(C)=O)[C@@H](OP(=O)(O)O)O[C@H](COC(C)=O)[C@H]1OC(C)=O.CCN(CC)CC.CCN(CC)CC. The number of carbonyl (C=O) groups excluding carboxylic acids is 4. The van der Waals surface area contributed by atoms with Gasteiger partial charge in [-0.25, -0.2) is 4.57 Å². The van der Waals surface area contributed by atoms with E-state index in [4.69, 9.17) is 24.0 Å². The molecule has 1 heterocycles. The van der Waals surface area contributed by atoms with Gasteiger partial charge in [-0.15, -0.1) is 0 Å². The molecule has 1 saturated heterocycles. The summed E-state index contributed by atoms with van der Waals surface area (Å²) >= 11 is 0. The van der Waals surface area contributed by atoms with Crippen molar-refractivity contribution in [3.63, 3.8) is 0 Å².